The lowest BCUT2D eigenvalue weighted by Gasteiger charge is -2.26. The lowest BCUT2D eigenvalue weighted by Crippen LogP contribution is -2.41. The van der Waals surface area contributed by atoms with Gasteiger partial charge in [0.1, 0.15) is 6.61 Å². The average Bonchev–Trinajstić information content (AvgIpc) is 3.21. The molecule has 3 aromatic rings. The fourth-order valence-corrected chi connectivity index (χ4v) is 3.93. The van der Waals surface area contributed by atoms with Gasteiger partial charge in [-0.15, -0.1) is 0 Å². The van der Waals surface area contributed by atoms with Crippen molar-refractivity contribution in [3.8, 4) is 11.5 Å². The molecule has 0 saturated carbocycles. The Morgan fingerprint density at radius 3 is 2.84 bits per heavy atom. The lowest BCUT2D eigenvalue weighted by molar-refractivity contribution is 0.0383. The fourth-order valence-electron chi connectivity index (χ4n) is 3.93. The second-order valence-corrected chi connectivity index (χ2v) is 7.83. The van der Waals surface area contributed by atoms with Gasteiger partial charge in [-0.3, -0.25) is 14.4 Å². The first-order chi connectivity index (χ1) is 15.2. The third kappa shape index (κ3) is 4.65. The van der Waals surface area contributed by atoms with Gasteiger partial charge < -0.3 is 19.5 Å². The van der Waals surface area contributed by atoms with Crippen molar-refractivity contribution in [2.75, 3.05) is 46.0 Å². The number of morpholine rings is 1. The summed E-state index contributed by atoms with van der Waals surface area (Å²) in [5.41, 5.74) is 1.49. The van der Waals surface area contributed by atoms with Crippen molar-refractivity contribution in [3.63, 3.8) is 0 Å². The number of hydrogen-bond acceptors (Lipinski definition) is 6. The first kappa shape index (κ1) is 19.8. The minimum Gasteiger partial charge on any atom is -0.486 e. The molecule has 1 atom stereocenters. The van der Waals surface area contributed by atoms with Crippen LogP contribution in [0, 0.1) is 0 Å². The number of hydrogen-bond donors (Lipinski definition) is 1. The van der Waals surface area contributed by atoms with Crippen LogP contribution in [0.3, 0.4) is 0 Å². The van der Waals surface area contributed by atoms with Crippen LogP contribution in [0.1, 0.15) is 10.4 Å². The first-order valence-corrected chi connectivity index (χ1v) is 10.7. The van der Waals surface area contributed by atoms with Gasteiger partial charge in [-0.2, -0.15) is 5.10 Å². The highest BCUT2D eigenvalue weighted by atomic mass is 16.6. The van der Waals surface area contributed by atoms with Gasteiger partial charge in [-0.25, -0.2) is 0 Å². The van der Waals surface area contributed by atoms with Crippen molar-refractivity contribution in [2.24, 2.45) is 0 Å². The van der Waals surface area contributed by atoms with Crippen molar-refractivity contribution >= 4 is 16.8 Å². The van der Waals surface area contributed by atoms with Crippen LogP contribution in [-0.4, -0.2) is 72.7 Å². The molecule has 1 aromatic heterocycles. The molecule has 1 unspecified atom stereocenters. The summed E-state index contributed by atoms with van der Waals surface area (Å²) in [6.07, 6.45) is 1.83. The number of carbonyl (C=O) groups excluding carboxylic acids is 1. The number of amides is 1. The summed E-state index contributed by atoms with van der Waals surface area (Å²) in [4.78, 5) is 14.9. The molecule has 31 heavy (non-hydrogen) atoms. The molecule has 1 saturated heterocycles. The molecule has 5 rings (SSSR count). The number of para-hydroxylation sites is 2. The van der Waals surface area contributed by atoms with Gasteiger partial charge in [-0.05, 0) is 30.3 Å². The molecule has 2 aliphatic rings. The molecule has 1 amide bonds. The zero-order valence-electron chi connectivity index (χ0n) is 17.3. The van der Waals surface area contributed by atoms with Crippen LogP contribution in [0.4, 0.5) is 0 Å². The number of nitrogens with zero attached hydrogens (tertiary/aromatic N) is 3. The fraction of sp³-hybridized carbons (Fsp3) is 0.391. The maximum absolute atomic E-state index is 12.6. The Balaban J connectivity index is 1.19. The van der Waals surface area contributed by atoms with Gasteiger partial charge in [-0.1, -0.05) is 12.1 Å². The van der Waals surface area contributed by atoms with Gasteiger partial charge in [0.2, 0.25) is 0 Å². The summed E-state index contributed by atoms with van der Waals surface area (Å²) in [6, 6.07) is 13.3. The van der Waals surface area contributed by atoms with E-state index < -0.39 is 0 Å². The standard InChI is InChI=1S/C23H26N4O4/c28-23(24-7-8-26-9-11-29-12-10-26)17-5-6-20-18(13-17)14-27(25-20)15-19-16-30-21-3-1-2-4-22(21)31-19/h1-6,13-14,19H,7-12,15-16H2,(H,24,28). The Hall–Kier alpha value is -3.10. The Bertz CT molecular complexity index is 1060. The van der Waals surface area contributed by atoms with Gasteiger partial charge in [0, 0.05) is 43.3 Å². The van der Waals surface area contributed by atoms with E-state index in [0.29, 0.717) is 25.3 Å². The van der Waals surface area contributed by atoms with Crippen molar-refractivity contribution in [3.05, 3.63) is 54.2 Å². The molecule has 0 radical (unpaired) electrons. The molecule has 3 heterocycles. The normalized spacial score (nSPS) is 18.8. The second-order valence-electron chi connectivity index (χ2n) is 7.83. The van der Waals surface area contributed by atoms with E-state index in [0.717, 1.165) is 55.2 Å². The van der Waals surface area contributed by atoms with Gasteiger partial charge in [0.05, 0.1) is 25.3 Å². The highest BCUT2D eigenvalue weighted by Crippen LogP contribution is 2.31. The topological polar surface area (TPSA) is 77.9 Å². The number of rotatable bonds is 6. The van der Waals surface area contributed by atoms with Crippen LogP contribution in [0.25, 0.3) is 10.9 Å². The van der Waals surface area contributed by atoms with E-state index in [1.807, 2.05) is 53.3 Å². The quantitative estimate of drug-likeness (QED) is 0.654. The number of benzene rings is 2. The molecule has 8 heteroatoms. The first-order valence-electron chi connectivity index (χ1n) is 10.7. The molecule has 8 nitrogen and oxygen atoms in total. The summed E-state index contributed by atoms with van der Waals surface area (Å²) in [5.74, 6) is 1.46. The van der Waals surface area contributed by atoms with E-state index >= 15 is 0 Å². The Morgan fingerprint density at radius 2 is 1.97 bits per heavy atom. The predicted molar refractivity (Wildman–Crippen MR) is 116 cm³/mol. The van der Waals surface area contributed by atoms with E-state index in [-0.39, 0.29) is 12.0 Å². The maximum atomic E-state index is 12.6. The number of nitrogens with one attached hydrogen (secondary N) is 1. The molecule has 2 aliphatic heterocycles. The summed E-state index contributed by atoms with van der Waals surface area (Å²) in [7, 11) is 0. The summed E-state index contributed by atoms with van der Waals surface area (Å²) >= 11 is 0. The zero-order chi connectivity index (χ0) is 21.0. The highest BCUT2D eigenvalue weighted by Gasteiger charge is 2.21. The van der Waals surface area contributed by atoms with Crippen molar-refractivity contribution in [1.29, 1.82) is 0 Å². The van der Waals surface area contributed by atoms with E-state index in [9.17, 15) is 4.79 Å². The van der Waals surface area contributed by atoms with Gasteiger partial charge >= 0.3 is 0 Å². The van der Waals surface area contributed by atoms with E-state index in [4.69, 9.17) is 14.2 Å². The van der Waals surface area contributed by atoms with E-state index in [1.165, 1.54) is 0 Å². The molecule has 0 bridgehead atoms. The summed E-state index contributed by atoms with van der Waals surface area (Å²) in [6.45, 7) is 5.87. The number of aromatic nitrogens is 2. The van der Waals surface area contributed by atoms with Crippen LogP contribution in [0.15, 0.2) is 48.7 Å². The van der Waals surface area contributed by atoms with Crippen molar-refractivity contribution < 1.29 is 19.0 Å². The van der Waals surface area contributed by atoms with Crippen molar-refractivity contribution in [1.82, 2.24) is 20.0 Å². The van der Waals surface area contributed by atoms with Crippen LogP contribution < -0.4 is 14.8 Å². The molecule has 1 fully saturated rings. The Kier molecular flexibility index (Phi) is 5.73. The molecule has 2 aromatic carbocycles. The maximum Gasteiger partial charge on any atom is 0.251 e. The van der Waals surface area contributed by atoms with Crippen LogP contribution in [0.5, 0.6) is 11.5 Å². The highest BCUT2D eigenvalue weighted by molar-refractivity contribution is 5.97. The third-order valence-corrected chi connectivity index (χ3v) is 5.59. The lowest BCUT2D eigenvalue weighted by atomic mass is 10.1. The summed E-state index contributed by atoms with van der Waals surface area (Å²) in [5, 5.41) is 8.55. The van der Waals surface area contributed by atoms with Crippen molar-refractivity contribution in [2.45, 2.75) is 12.6 Å². The van der Waals surface area contributed by atoms with Crippen LogP contribution in [-0.2, 0) is 11.3 Å². The van der Waals surface area contributed by atoms with Gasteiger partial charge in [0.25, 0.3) is 5.91 Å². The van der Waals surface area contributed by atoms with Crippen LogP contribution >= 0.6 is 0 Å². The zero-order valence-corrected chi connectivity index (χ0v) is 17.3. The minimum atomic E-state index is -0.118. The van der Waals surface area contributed by atoms with Gasteiger partial charge in [0.15, 0.2) is 17.6 Å². The van der Waals surface area contributed by atoms with E-state index in [1.54, 1.807) is 0 Å². The molecule has 0 spiro atoms. The largest absolute Gasteiger partial charge is 0.486 e. The molecular weight excluding hydrogens is 396 g/mol. The van der Waals surface area contributed by atoms with E-state index in [2.05, 4.69) is 15.3 Å². The minimum absolute atomic E-state index is 0.0662. The molecule has 162 valence electrons. The smallest absolute Gasteiger partial charge is 0.251 e. The molecule has 0 aliphatic carbocycles. The van der Waals surface area contributed by atoms with Crippen LogP contribution in [0.2, 0.25) is 0 Å². The number of fused-ring (bicyclic) bond motifs is 2. The number of carbonyl (C=O) groups is 1. The molecular formula is C23H26N4O4. The Morgan fingerprint density at radius 1 is 1.13 bits per heavy atom. The average molecular weight is 422 g/mol. The Labute approximate surface area is 180 Å². The SMILES string of the molecule is O=C(NCCN1CCOCC1)c1ccc2nn(CC3COc4ccccc4O3)cc2c1. The predicted octanol–water partition coefficient (Wildman–Crippen LogP) is 1.94. The third-order valence-electron chi connectivity index (χ3n) is 5.59. The summed E-state index contributed by atoms with van der Waals surface area (Å²) < 4.78 is 19.0. The number of ether oxygens (including phenoxy) is 3. The second kappa shape index (κ2) is 8.95. The monoisotopic (exact) mass is 422 g/mol. The molecule has 1 N–H and O–H groups in total.